The number of nitrogens with one attached hydrogen (secondary N) is 1. The fourth-order valence-corrected chi connectivity index (χ4v) is 0.878. The first-order valence-corrected chi connectivity index (χ1v) is 3.59. The van der Waals surface area contributed by atoms with E-state index in [0.29, 0.717) is 13.0 Å². The van der Waals surface area contributed by atoms with Crippen LogP contribution >= 0.6 is 0 Å². The number of benzene rings is 1. The fraction of sp³-hybridized carbons (Fsp3) is 0.100. The Bertz CT molecular complexity index is 295. The monoisotopic (exact) mass is 159 g/mol. The Morgan fingerprint density at radius 1 is 1.42 bits per heavy atom. The maximum Gasteiger partial charge on any atom is 0.207 e. The predicted octanol–water partition coefficient (Wildman–Crippen LogP) is 0.914. The van der Waals surface area contributed by atoms with Gasteiger partial charge in [-0.05, 0) is 17.7 Å². The smallest absolute Gasteiger partial charge is 0.207 e. The molecule has 0 spiro atoms. The zero-order valence-electron chi connectivity index (χ0n) is 6.58. The third-order valence-electron chi connectivity index (χ3n) is 1.51. The highest BCUT2D eigenvalue weighted by molar-refractivity contribution is 5.46. The Labute approximate surface area is 71.6 Å². The van der Waals surface area contributed by atoms with E-state index >= 15 is 0 Å². The van der Waals surface area contributed by atoms with Gasteiger partial charge >= 0.3 is 0 Å². The van der Waals surface area contributed by atoms with Crippen molar-refractivity contribution in [3.8, 4) is 12.3 Å². The van der Waals surface area contributed by atoms with Crippen LogP contribution in [0.4, 0.5) is 0 Å². The Kier molecular flexibility index (Phi) is 2.92. The standard InChI is InChI=1S/C10H9NO/c1-2-9-3-5-10(6-4-9)7-11-8-12/h1,3-6,8H,7H2,(H,11,12). The molecule has 0 fully saturated rings. The van der Waals surface area contributed by atoms with E-state index in [0.717, 1.165) is 11.1 Å². The first-order valence-electron chi connectivity index (χ1n) is 3.59. The van der Waals surface area contributed by atoms with Crippen molar-refractivity contribution >= 4 is 6.41 Å². The number of carbonyl (C=O) groups excluding carboxylic acids is 1. The van der Waals surface area contributed by atoms with Crippen LogP contribution < -0.4 is 5.32 Å². The van der Waals surface area contributed by atoms with Gasteiger partial charge in [-0.2, -0.15) is 0 Å². The lowest BCUT2D eigenvalue weighted by molar-refractivity contribution is -0.109. The molecular formula is C10H9NO. The van der Waals surface area contributed by atoms with Gasteiger partial charge in [0.1, 0.15) is 0 Å². The van der Waals surface area contributed by atoms with Gasteiger partial charge in [-0.15, -0.1) is 6.42 Å². The van der Waals surface area contributed by atoms with Gasteiger partial charge in [0.05, 0.1) is 0 Å². The summed E-state index contributed by atoms with van der Waals surface area (Å²) in [5.41, 5.74) is 1.89. The van der Waals surface area contributed by atoms with Crippen LogP contribution in [0.1, 0.15) is 11.1 Å². The Hall–Kier alpha value is -1.75. The molecule has 1 rings (SSSR count). The zero-order valence-corrected chi connectivity index (χ0v) is 6.58. The van der Waals surface area contributed by atoms with Crippen molar-refractivity contribution in [3.05, 3.63) is 35.4 Å². The largest absolute Gasteiger partial charge is 0.355 e. The van der Waals surface area contributed by atoms with E-state index in [1.807, 2.05) is 24.3 Å². The third-order valence-corrected chi connectivity index (χ3v) is 1.51. The molecule has 1 N–H and O–H groups in total. The summed E-state index contributed by atoms with van der Waals surface area (Å²) in [6, 6.07) is 7.49. The summed E-state index contributed by atoms with van der Waals surface area (Å²) in [5.74, 6) is 2.52. The Morgan fingerprint density at radius 2 is 2.08 bits per heavy atom. The molecule has 0 unspecified atom stereocenters. The molecular weight excluding hydrogens is 150 g/mol. The number of carbonyl (C=O) groups is 1. The summed E-state index contributed by atoms with van der Waals surface area (Å²) in [6.07, 6.45) is 5.85. The molecule has 60 valence electrons. The number of terminal acetylenes is 1. The van der Waals surface area contributed by atoms with Crippen molar-refractivity contribution < 1.29 is 4.79 Å². The van der Waals surface area contributed by atoms with Gasteiger partial charge in [0.25, 0.3) is 0 Å². The molecule has 2 heteroatoms. The van der Waals surface area contributed by atoms with Crippen LogP contribution in [0.3, 0.4) is 0 Å². The minimum atomic E-state index is 0.550. The van der Waals surface area contributed by atoms with Crippen LogP contribution in [0.5, 0.6) is 0 Å². The highest BCUT2D eigenvalue weighted by Gasteiger charge is 1.90. The molecule has 0 saturated carbocycles. The summed E-state index contributed by atoms with van der Waals surface area (Å²) in [7, 11) is 0. The summed E-state index contributed by atoms with van der Waals surface area (Å²) in [6.45, 7) is 0.550. The molecule has 0 aliphatic heterocycles. The molecule has 1 amide bonds. The van der Waals surface area contributed by atoms with Crippen LogP contribution in [-0.2, 0) is 11.3 Å². The SMILES string of the molecule is C#Cc1ccc(CNC=O)cc1. The Morgan fingerprint density at radius 3 is 2.58 bits per heavy atom. The normalized spacial score (nSPS) is 8.58. The van der Waals surface area contributed by atoms with E-state index in [9.17, 15) is 4.79 Å². The van der Waals surface area contributed by atoms with Gasteiger partial charge in [-0.25, -0.2) is 0 Å². The van der Waals surface area contributed by atoms with Crippen LogP contribution in [0.15, 0.2) is 24.3 Å². The number of hydrogen-bond donors (Lipinski definition) is 1. The van der Waals surface area contributed by atoms with Crippen molar-refractivity contribution in [3.63, 3.8) is 0 Å². The summed E-state index contributed by atoms with van der Waals surface area (Å²) < 4.78 is 0. The molecule has 0 radical (unpaired) electrons. The highest BCUT2D eigenvalue weighted by Crippen LogP contribution is 2.01. The van der Waals surface area contributed by atoms with Gasteiger partial charge < -0.3 is 5.32 Å². The van der Waals surface area contributed by atoms with Crippen molar-refractivity contribution in [2.75, 3.05) is 0 Å². The molecule has 0 saturated heterocycles. The van der Waals surface area contributed by atoms with Crippen molar-refractivity contribution in [1.29, 1.82) is 0 Å². The van der Waals surface area contributed by atoms with Crippen molar-refractivity contribution in [2.45, 2.75) is 6.54 Å². The molecule has 2 nitrogen and oxygen atoms in total. The number of hydrogen-bond acceptors (Lipinski definition) is 1. The van der Waals surface area contributed by atoms with Gasteiger partial charge in [0, 0.05) is 12.1 Å². The predicted molar refractivity (Wildman–Crippen MR) is 47.3 cm³/mol. The maximum atomic E-state index is 9.96. The molecule has 0 aromatic heterocycles. The van der Waals surface area contributed by atoms with Crippen molar-refractivity contribution in [1.82, 2.24) is 5.32 Å². The molecule has 0 aliphatic rings. The lowest BCUT2D eigenvalue weighted by atomic mass is 10.1. The van der Waals surface area contributed by atoms with Gasteiger partial charge in [-0.3, -0.25) is 4.79 Å². The quantitative estimate of drug-likeness (QED) is 0.515. The second-order valence-electron chi connectivity index (χ2n) is 2.34. The average Bonchev–Trinajstić information content (AvgIpc) is 2.15. The van der Waals surface area contributed by atoms with E-state index in [4.69, 9.17) is 6.42 Å². The second kappa shape index (κ2) is 4.20. The molecule has 12 heavy (non-hydrogen) atoms. The molecule has 0 heterocycles. The number of rotatable bonds is 3. The van der Waals surface area contributed by atoms with E-state index < -0.39 is 0 Å². The lowest BCUT2D eigenvalue weighted by Gasteiger charge is -1.98. The first-order chi connectivity index (χ1) is 5.86. The molecule has 0 bridgehead atoms. The topological polar surface area (TPSA) is 29.1 Å². The highest BCUT2D eigenvalue weighted by atomic mass is 16.1. The van der Waals surface area contributed by atoms with Crippen molar-refractivity contribution in [2.24, 2.45) is 0 Å². The maximum absolute atomic E-state index is 9.96. The fourth-order valence-electron chi connectivity index (χ4n) is 0.878. The average molecular weight is 159 g/mol. The first kappa shape index (κ1) is 8.35. The van der Waals surface area contributed by atoms with Crippen LogP contribution in [0.25, 0.3) is 0 Å². The van der Waals surface area contributed by atoms with Gasteiger partial charge in [0.15, 0.2) is 0 Å². The van der Waals surface area contributed by atoms with Crippen LogP contribution in [0, 0.1) is 12.3 Å². The van der Waals surface area contributed by atoms with E-state index in [2.05, 4.69) is 11.2 Å². The zero-order chi connectivity index (χ0) is 8.81. The van der Waals surface area contributed by atoms with E-state index in [1.54, 1.807) is 0 Å². The summed E-state index contributed by atoms with van der Waals surface area (Å²) >= 11 is 0. The third kappa shape index (κ3) is 2.14. The van der Waals surface area contributed by atoms with Crippen LogP contribution in [0.2, 0.25) is 0 Å². The molecule has 1 aromatic carbocycles. The molecule has 0 aliphatic carbocycles. The summed E-state index contributed by atoms with van der Waals surface area (Å²) in [5, 5.41) is 2.57. The van der Waals surface area contributed by atoms with Crippen LogP contribution in [-0.4, -0.2) is 6.41 Å². The second-order valence-corrected chi connectivity index (χ2v) is 2.34. The minimum absolute atomic E-state index is 0.550. The Balaban J connectivity index is 2.66. The summed E-state index contributed by atoms with van der Waals surface area (Å²) in [4.78, 5) is 9.96. The van der Waals surface area contributed by atoms with E-state index in [-0.39, 0.29) is 0 Å². The molecule has 1 aromatic rings. The van der Waals surface area contributed by atoms with Gasteiger partial charge in [0.2, 0.25) is 6.41 Å². The number of amides is 1. The lowest BCUT2D eigenvalue weighted by Crippen LogP contribution is -2.09. The minimum Gasteiger partial charge on any atom is -0.355 e. The van der Waals surface area contributed by atoms with E-state index in [1.165, 1.54) is 0 Å². The molecule has 0 atom stereocenters. The van der Waals surface area contributed by atoms with Gasteiger partial charge in [-0.1, -0.05) is 18.1 Å².